The summed E-state index contributed by atoms with van der Waals surface area (Å²) in [5.74, 6) is -0.693. The van der Waals surface area contributed by atoms with E-state index in [1.54, 1.807) is 0 Å². The predicted molar refractivity (Wildman–Crippen MR) is 154 cm³/mol. The van der Waals surface area contributed by atoms with Crippen molar-refractivity contribution in [3.05, 3.63) is 59.7 Å². The van der Waals surface area contributed by atoms with E-state index in [2.05, 4.69) is 26.0 Å². The molecule has 3 rings (SSSR count). The van der Waals surface area contributed by atoms with Crippen molar-refractivity contribution < 1.29 is 29.0 Å². The summed E-state index contributed by atoms with van der Waals surface area (Å²) in [5, 5.41) is 11.6. The summed E-state index contributed by atoms with van der Waals surface area (Å²) in [6.45, 7) is 10.3. The standard InChI is InChI=1S/C32H44N2O6/c1-30(2,3)19-27(35)34-20-32(38,18-26(34)28(36)39-6)24-15-13-23(14-16-24)25-12-8-7-10-22(25)11-9-17-31(4,5)21-40-29(33)37/h7-8,10,12-16,26,38H,9,11,17-21H2,1-6H3,(H2,33,37)/t26-,32-/m0/s1. The molecule has 2 atom stereocenters. The number of hydrogen-bond donors (Lipinski definition) is 2. The monoisotopic (exact) mass is 552 g/mol. The van der Waals surface area contributed by atoms with Crippen molar-refractivity contribution in [1.29, 1.82) is 0 Å². The number of hydrogen-bond acceptors (Lipinski definition) is 6. The van der Waals surface area contributed by atoms with E-state index in [0.717, 1.165) is 30.4 Å². The van der Waals surface area contributed by atoms with Gasteiger partial charge in [0.2, 0.25) is 5.91 Å². The number of likely N-dealkylation sites (tertiary alicyclic amines) is 1. The number of benzene rings is 2. The van der Waals surface area contributed by atoms with Gasteiger partial charge in [-0.3, -0.25) is 4.79 Å². The molecule has 8 nitrogen and oxygen atoms in total. The highest BCUT2D eigenvalue weighted by Gasteiger charge is 2.49. The highest BCUT2D eigenvalue weighted by atomic mass is 16.5. The third kappa shape index (κ3) is 8.07. The molecule has 1 heterocycles. The largest absolute Gasteiger partial charge is 0.467 e. The van der Waals surface area contributed by atoms with Gasteiger partial charge in [-0.1, -0.05) is 83.1 Å². The second kappa shape index (κ2) is 12.4. The quantitative estimate of drug-likeness (QED) is 0.391. The molecule has 1 aliphatic heterocycles. The van der Waals surface area contributed by atoms with Crippen LogP contribution in [0, 0.1) is 10.8 Å². The maximum absolute atomic E-state index is 13.1. The molecule has 8 heteroatoms. The predicted octanol–water partition coefficient (Wildman–Crippen LogP) is 5.20. The van der Waals surface area contributed by atoms with Gasteiger partial charge in [0, 0.05) is 12.8 Å². The Morgan fingerprint density at radius 3 is 2.30 bits per heavy atom. The maximum Gasteiger partial charge on any atom is 0.404 e. The summed E-state index contributed by atoms with van der Waals surface area (Å²) < 4.78 is 9.97. The summed E-state index contributed by atoms with van der Waals surface area (Å²) in [7, 11) is 1.30. The zero-order valence-corrected chi connectivity index (χ0v) is 24.7. The number of ether oxygens (including phenoxy) is 2. The number of carbonyl (C=O) groups is 3. The van der Waals surface area contributed by atoms with Gasteiger partial charge in [-0.25, -0.2) is 9.59 Å². The van der Waals surface area contributed by atoms with E-state index in [1.807, 2.05) is 57.2 Å². The summed E-state index contributed by atoms with van der Waals surface area (Å²) in [6, 6.07) is 15.1. The first-order valence-electron chi connectivity index (χ1n) is 13.8. The lowest BCUT2D eigenvalue weighted by molar-refractivity contribution is -0.151. The van der Waals surface area contributed by atoms with E-state index >= 15 is 0 Å². The average molecular weight is 553 g/mol. The molecule has 2 aromatic carbocycles. The Balaban J connectivity index is 1.76. The van der Waals surface area contributed by atoms with Crippen molar-refractivity contribution in [3.63, 3.8) is 0 Å². The second-order valence-corrected chi connectivity index (χ2v) is 12.9. The molecule has 0 spiro atoms. The molecule has 40 heavy (non-hydrogen) atoms. The average Bonchev–Trinajstić information content (AvgIpc) is 3.25. The fourth-order valence-electron chi connectivity index (χ4n) is 5.34. The molecule has 0 aliphatic carbocycles. The number of carbonyl (C=O) groups excluding carboxylic acids is 3. The van der Waals surface area contributed by atoms with Crippen LogP contribution in [-0.2, 0) is 31.1 Å². The van der Waals surface area contributed by atoms with Gasteiger partial charge in [0.25, 0.3) is 0 Å². The number of esters is 1. The molecule has 0 aromatic heterocycles. The number of nitrogens with zero attached hydrogens (tertiary/aromatic N) is 1. The van der Waals surface area contributed by atoms with E-state index in [4.69, 9.17) is 15.2 Å². The molecular formula is C32H44N2O6. The number of rotatable bonds is 10. The van der Waals surface area contributed by atoms with Crippen molar-refractivity contribution in [2.75, 3.05) is 20.3 Å². The van der Waals surface area contributed by atoms with Crippen molar-refractivity contribution >= 4 is 18.0 Å². The van der Waals surface area contributed by atoms with E-state index in [0.29, 0.717) is 5.56 Å². The van der Waals surface area contributed by atoms with Gasteiger partial charge >= 0.3 is 12.1 Å². The van der Waals surface area contributed by atoms with Crippen LogP contribution in [0.15, 0.2) is 48.5 Å². The molecule has 2 amide bonds. The summed E-state index contributed by atoms with van der Waals surface area (Å²) in [4.78, 5) is 38.1. The summed E-state index contributed by atoms with van der Waals surface area (Å²) in [6.07, 6.45) is 2.23. The fraction of sp³-hybridized carbons (Fsp3) is 0.531. The molecule has 3 N–H and O–H groups in total. The molecule has 1 saturated heterocycles. The Hall–Kier alpha value is -3.39. The van der Waals surface area contributed by atoms with E-state index in [1.165, 1.54) is 17.6 Å². The van der Waals surface area contributed by atoms with Crippen LogP contribution < -0.4 is 5.73 Å². The van der Waals surface area contributed by atoms with Crippen molar-refractivity contribution in [2.24, 2.45) is 16.6 Å². The Morgan fingerprint density at radius 2 is 1.70 bits per heavy atom. The van der Waals surface area contributed by atoms with Crippen LogP contribution in [0.4, 0.5) is 4.79 Å². The SMILES string of the molecule is COC(=O)[C@@H]1C[C@@](O)(c2ccc(-c3ccccc3CCCC(C)(C)COC(N)=O)cc2)CN1C(=O)CC(C)(C)C. The Bertz CT molecular complexity index is 1200. The Kier molecular flexibility index (Phi) is 9.67. The number of methoxy groups -OCH3 is 1. The van der Waals surface area contributed by atoms with Gasteiger partial charge in [0.15, 0.2) is 0 Å². The highest BCUT2D eigenvalue weighted by molar-refractivity contribution is 5.86. The lowest BCUT2D eigenvalue weighted by Crippen LogP contribution is -2.42. The minimum atomic E-state index is -1.36. The molecule has 0 unspecified atom stereocenters. The third-order valence-electron chi connectivity index (χ3n) is 7.47. The van der Waals surface area contributed by atoms with Crippen molar-refractivity contribution in [1.82, 2.24) is 4.90 Å². The van der Waals surface area contributed by atoms with Gasteiger partial charge in [0.1, 0.15) is 11.6 Å². The molecule has 0 saturated carbocycles. The van der Waals surface area contributed by atoms with Gasteiger partial charge in [-0.2, -0.15) is 0 Å². The first-order chi connectivity index (χ1) is 18.6. The van der Waals surface area contributed by atoms with Gasteiger partial charge in [-0.05, 0) is 52.3 Å². The molecular weight excluding hydrogens is 508 g/mol. The van der Waals surface area contributed by atoms with Gasteiger partial charge in [0.05, 0.1) is 20.3 Å². The number of amides is 2. The van der Waals surface area contributed by atoms with E-state index in [-0.39, 0.29) is 42.7 Å². The van der Waals surface area contributed by atoms with Crippen LogP contribution in [0.1, 0.15) is 71.4 Å². The first kappa shape index (κ1) is 31.1. The highest BCUT2D eigenvalue weighted by Crippen LogP contribution is 2.39. The zero-order valence-electron chi connectivity index (χ0n) is 24.7. The van der Waals surface area contributed by atoms with Crippen LogP contribution in [0.25, 0.3) is 11.1 Å². The smallest absolute Gasteiger partial charge is 0.404 e. The maximum atomic E-state index is 13.1. The van der Waals surface area contributed by atoms with Crippen LogP contribution >= 0.6 is 0 Å². The lowest BCUT2D eigenvalue weighted by Gasteiger charge is -2.27. The number of aryl methyl sites for hydroxylation is 1. The number of primary amides is 1. The van der Waals surface area contributed by atoms with Crippen molar-refractivity contribution in [2.45, 2.75) is 78.4 Å². The minimum Gasteiger partial charge on any atom is -0.467 e. The molecule has 1 fully saturated rings. The zero-order chi connectivity index (χ0) is 29.7. The minimum absolute atomic E-state index is 0.0346. The Morgan fingerprint density at radius 1 is 1.05 bits per heavy atom. The normalized spacial score (nSPS) is 19.4. The van der Waals surface area contributed by atoms with E-state index in [9.17, 15) is 19.5 Å². The molecule has 0 radical (unpaired) electrons. The third-order valence-corrected chi connectivity index (χ3v) is 7.47. The first-order valence-corrected chi connectivity index (χ1v) is 13.8. The van der Waals surface area contributed by atoms with Crippen LogP contribution in [0.2, 0.25) is 0 Å². The summed E-state index contributed by atoms with van der Waals surface area (Å²) in [5.41, 5.74) is 7.31. The molecule has 218 valence electrons. The van der Waals surface area contributed by atoms with Crippen LogP contribution in [-0.4, -0.2) is 54.3 Å². The molecule has 0 bridgehead atoms. The van der Waals surface area contributed by atoms with Gasteiger partial charge < -0.3 is 25.2 Å². The summed E-state index contributed by atoms with van der Waals surface area (Å²) >= 11 is 0. The van der Waals surface area contributed by atoms with Crippen LogP contribution in [0.3, 0.4) is 0 Å². The van der Waals surface area contributed by atoms with Crippen LogP contribution in [0.5, 0.6) is 0 Å². The second-order valence-electron chi connectivity index (χ2n) is 12.9. The van der Waals surface area contributed by atoms with E-state index < -0.39 is 23.7 Å². The Labute approximate surface area is 237 Å². The van der Waals surface area contributed by atoms with Gasteiger partial charge in [-0.15, -0.1) is 0 Å². The number of aliphatic hydroxyl groups is 1. The van der Waals surface area contributed by atoms with Crippen molar-refractivity contribution in [3.8, 4) is 11.1 Å². The fourth-order valence-corrected chi connectivity index (χ4v) is 5.34. The molecule has 1 aliphatic rings. The molecule has 2 aromatic rings. The number of nitrogens with two attached hydrogens (primary N) is 1. The lowest BCUT2D eigenvalue weighted by atomic mass is 9.86. The number of β-amino-alcohol motifs (C(OH)–C–C–N with tert-alkyl or cyclic N) is 1. The topological polar surface area (TPSA) is 119 Å².